The molecule has 2 aromatic heterocycles. The van der Waals surface area contributed by atoms with Gasteiger partial charge in [-0.1, -0.05) is 0 Å². The van der Waals surface area contributed by atoms with Gasteiger partial charge in [-0.2, -0.15) is 5.26 Å². The van der Waals surface area contributed by atoms with Gasteiger partial charge in [-0.15, -0.1) is 0 Å². The third-order valence-electron chi connectivity index (χ3n) is 2.50. The molecule has 2 rings (SSSR count). The van der Waals surface area contributed by atoms with E-state index in [0.717, 1.165) is 22.6 Å². The highest BCUT2D eigenvalue weighted by atomic mass is 16.3. The average Bonchev–Trinajstić information content (AvgIpc) is 2.78. The highest BCUT2D eigenvalue weighted by molar-refractivity contribution is 5.59. The number of nitrogens with one attached hydrogen (secondary N) is 1. The summed E-state index contributed by atoms with van der Waals surface area (Å²) >= 11 is 0. The topological polar surface area (TPSA) is 61.9 Å². The van der Waals surface area contributed by atoms with Gasteiger partial charge in [0.2, 0.25) is 0 Å². The summed E-state index contributed by atoms with van der Waals surface area (Å²) in [5.74, 6) is 0. The molecule has 0 aliphatic rings. The number of anilines is 1. The number of aromatic nitrogens is 1. The fourth-order valence-electron chi connectivity index (χ4n) is 1.70. The molecule has 2 heterocycles. The van der Waals surface area contributed by atoms with Gasteiger partial charge in [0, 0.05) is 17.8 Å². The lowest BCUT2D eigenvalue weighted by molar-refractivity contribution is 0.564. The van der Waals surface area contributed by atoms with Gasteiger partial charge in [0.05, 0.1) is 29.5 Å². The summed E-state index contributed by atoms with van der Waals surface area (Å²) in [5, 5.41) is 12.3. The van der Waals surface area contributed by atoms with Crippen LogP contribution in [0.1, 0.15) is 22.5 Å². The molecule has 0 amide bonds. The molecule has 4 heteroatoms. The standard InChI is InChI=1S/C13H13N3O/c1-9-5-13(12(6-14)10(2)16-9)15-7-11-3-4-17-8-11/h3-5,8H,7H2,1-2H3,(H,15,16). The van der Waals surface area contributed by atoms with Crippen LogP contribution in [0.15, 0.2) is 29.1 Å². The van der Waals surface area contributed by atoms with E-state index < -0.39 is 0 Å². The van der Waals surface area contributed by atoms with Crippen molar-refractivity contribution in [1.82, 2.24) is 4.98 Å². The minimum atomic E-state index is 0.596. The third kappa shape index (κ3) is 2.45. The molecule has 2 aromatic rings. The minimum absolute atomic E-state index is 0.596. The van der Waals surface area contributed by atoms with Gasteiger partial charge in [0.1, 0.15) is 6.07 Å². The summed E-state index contributed by atoms with van der Waals surface area (Å²) in [6.07, 6.45) is 3.31. The first kappa shape index (κ1) is 11.2. The zero-order valence-electron chi connectivity index (χ0n) is 9.82. The molecular formula is C13H13N3O. The van der Waals surface area contributed by atoms with E-state index in [1.54, 1.807) is 12.5 Å². The summed E-state index contributed by atoms with van der Waals surface area (Å²) in [5.41, 5.74) is 4.11. The summed E-state index contributed by atoms with van der Waals surface area (Å²) in [7, 11) is 0. The SMILES string of the molecule is Cc1cc(NCc2ccoc2)c(C#N)c(C)n1. The third-order valence-corrected chi connectivity index (χ3v) is 2.50. The van der Waals surface area contributed by atoms with E-state index >= 15 is 0 Å². The first-order valence-corrected chi connectivity index (χ1v) is 5.34. The summed E-state index contributed by atoms with van der Waals surface area (Å²) < 4.78 is 4.99. The molecule has 0 saturated heterocycles. The van der Waals surface area contributed by atoms with E-state index in [-0.39, 0.29) is 0 Å². The van der Waals surface area contributed by atoms with Crippen LogP contribution in [-0.2, 0) is 6.54 Å². The quantitative estimate of drug-likeness (QED) is 0.875. The molecule has 0 spiro atoms. The maximum atomic E-state index is 9.10. The van der Waals surface area contributed by atoms with Crippen molar-refractivity contribution >= 4 is 5.69 Å². The molecule has 0 aliphatic heterocycles. The van der Waals surface area contributed by atoms with Crippen LogP contribution >= 0.6 is 0 Å². The van der Waals surface area contributed by atoms with Crippen LogP contribution < -0.4 is 5.32 Å². The van der Waals surface area contributed by atoms with Crippen molar-refractivity contribution in [3.63, 3.8) is 0 Å². The maximum absolute atomic E-state index is 9.10. The Bertz CT molecular complexity index is 553. The number of hydrogen-bond donors (Lipinski definition) is 1. The van der Waals surface area contributed by atoms with Gasteiger partial charge in [-0.05, 0) is 26.0 Å². The Hall–Kier alpha value is -2.28. The number of rotatable bonds is 3. The zero-order chi connectivity index (χ0) is 12.3. The second kappa shape index (κ2) is 4.71. The van der Waals surface area contributed by atoms with Crippen LogP contribution in [0.5, 0.6) is 0 Å². The van der Waals surface area contributed by atoms with Crippen LogP contribution in [0.3, 0.4) is 0 Å². The maximum Gasteiger partial charge on any atom is 0.103 e. The van der Waals surface area contributed by atoms with Crippen molar-refractivity contribution in [2.75, 3.05) is 5.32 Å². The number of pyridine rings is 1. The molecule has 0 aromatic carbocycles. The number of nitriles is 1. The highest BCUT2D eigenvalue weighted by Crippen LogP contribution is 2.19. The monoisotopic (exact) mass is 227 g/mol. The number of hydrogen-bond acceptors (Lipinski definition) is 4. The van der Waals surface area contributed by atoms with E-state index in [1.807, 2.05) is 26.0 Å². The number of nitrogens with zero attached hydrogens (tertiary/aromatic N) is 2. The van der Waals surface area contributed by atoms with Crippen molar-refractivity contribution in [2.45, 2.75) is 20.4 Å². The lowest BCUT2D eigenvalue weighted by Gasteiger charge is -2.09. The molecular weight excluding hydrogens is 214 g/mol. The molecule has 86 valence electrons. The van der Waals surface area contributed by atoms with Gasteiger partial charge < -0.3 is 9.73 Å². The Balaban J connectivity index is 2.23. The summed E-state index contributed by atoms with van der Waals surface area (Å²) in [6, 6.07) is 5.94. The van der Waals surface area contributed by atoms with Crippen molar-refractivity contribution < 1.29 is 4.42 Å². The molecule has 0 aliphatic carbocycles. The van der Waals surface area contributed by atoms with Crippen LogP contribution in [0.25, 0.3) is 0 Å². The van der Waals surface area contributed by atoms with Gasteiger partial charge >= 0.3 is 0 Å². The molecule has 0 radical (unpaired) electrons. The zero-order valence-corrected chi connectivity index (χ0v) is 9.82. The van der Waals surface area contributed by atoms with Crippen molar-refractivity contribution in [2.24, 2.45) is 0 Å². The smallest absolute Gasteiger partial charge is 0.103 e. The Morgan fingerprint density at radius 1 is 1.47 bits per heavy atom. The van der Waals surface area contributed by atoms with Gasteiger partial charge in [-0.25, -0.2) is 0 Å². The fraction of sp³-hybridized carbons (Fsp3) is 0.231. The second-order valence-electron chi connectivity index (χ2n) is 3.87. The highest BCUT2D eigenvalue weighted by Gasteiger charge is 2.07. The lowest BCUT2D eigenvalue weighted by Crippen LogP contribution is -2.03. The van der Waals surface area contributed by atoms with Crippen molar-refractivity contribution in [3.05, 3.63) is 47.2 Å². The van der Waals surface area contributed by atoms with Gasteiger partial charge in [0.15, 0.2) is 0 Å². The van der Waals surface area contributed by atoms with E-state index in [0.29, 0.717) is 12.1 Å². The van der Waals surface area contributed by atoms with Crippen molar-refractivity contribution in [3.8, 4) is 6.07 Å². The molecule has 0 atom stereocenters. The predicted molar refractivity (Wildman–Crippen MR) is 64.5 cm³/mol. The normalized spacial score (nSPS) is 9.94. The van der Waals surface area contributed by atoms with E-state index in [1.165, 1.54) is 0 Å². The number of aryl methyl sites for hydroxylation is 2. The van der Waals surface area contributed by atoms with Gasteiger partial charge in [0.25, 0.3) is 0 Å². The molecule has 17 heavy (non-hydrogen) atoms. The predicted octanol–water partition coefficient (Wildman–Crippen LogP) is 2.78. The average molecular weight is 227 g/mol. The minimum Gasteiger partial charge on any atom is -0.472 e. The largest absolute Gasteiger partial charge is 0.472 e. The Labute approximate surface area is 99.9 Å². The Morgan fingerprint density at radius 3 is 2.94 bits per heavy atom. The van der Waals surface area contributed by atoms with E-state index in [2.05, 4.69) is 16.4 Å². The van der Waals surface area contributed by atoms with Gasteiger partial charge in [-0.3, -0.25) is 4.98 Å². The van der Waals surface area contributed by atoms with Crippen LogP contribution in [0.2, 0.25) is 0 Å². The summed E-state index contributed by atoms with van der Waals surface area (Å²) in [6.45, 7) is 4.39. The van der Waals surface area contributed by atoms with Crippen LogP contribution in [0.4, 0.5) is 5.69 Å². The Kier molecular flexibility index (Phi) is 3.10. The second-order valence-corrected chi connectivity index (χ2v) is 3.87. The molecule has 1 N–H and O–H groups in total. The molecule has 0 fully saturated rings. The van der Waals surface area contributed by atoms with E-state index in [4.69, 9.17) is 9.68 Å². The first-order chi connectivity index (χ1) is 8.20. The van der Waals surface area contributed by atoms with Crippen molar-refractivity contribution in [1.29, 1.82) is 5.26 Å². The molecule has 0 saturated carbocycles. The first-order valence-electron chi connectivity index (χ1n) is 5.34. The molecule has 0 bridgehead atoms. The number of furan rings is 1. The summed E-state index contributed by atoms with van der Waals surface area (Å²) in [4.78, 5) is 4.27. The van der Waals surface area contributed by atoms with Crippen LogP contribution in [-0.4, -0.2) is 4.98 Å². The fourth-order valence-corrected chi connectivity index (χ4v) is 1.70. The van der Waals surface area contributed by atoms with Crippen LogP contribution in [0, 0.1) is 25.2 Å². The van der Waals surface area contributed by atoms with E-state index in [9.17, 15) is 0 Å². The molecule has 4 nitrogen and oxygen atoms in total. The lowest BCUT2D eigenvalue weighted by atomic mass is 10.1. The molecule has 0 unspecified atom stereocenters. The Morgan fingerprint density at radius 2 is 2.29 bits per heavy atom.